The third kappa shape index (κ3) is 3.83. The molecule has 1 saturated heterocycles. The number of halogens is 1. The molecule has 1 fully saturated rings. The smallest absolute Gasteiger partial charge is 0.350 e. The van der Waals surface area contributed by atoms with Crippen molar-refractivity contribution in [1.29, 1.82) is 0 Å². The molecule has 0 aliphatic carbocycles. The number of benzene rings is 2. The zero-order valence-corrected chi connectivity index (χ0v) is 20.4. The number of Topliss-reactive ketones (excluding diaryl/α,β-unsaturated/α-hetero) is 1. The van der Waals surface area contributed by atoms with Gasteiger partial charge in [0.1, 0.15) is 28.3 Å². The highest BCUT2D eigenvalue weighted by Gasteiger charge is 2.48. The van der Waals surface area contributed by atoms with E-state index in [9.17, 15) is 23.9 Å². The van der Waals surface area contributed by atoms with Crippen molar-refractivity contribution in [2.45, 2.75) is 32.4 Å². The van der Waals surface area contributed by atoms with Crippen molar-refractivity contribution in [2.75, 3.05) is 12.0 Å². The largest absolute Gasteiger partial charge is 0.507 e. The molecule has 2 aliphatic heterocycles. The third-order valence-corrected chi connectivity index (χ3v) is 7.30. The topological polar surface area (TPSA) is 106 Å². The number of rotatable bonds is 4. The first-order valence-electron chi connectivity index (χ1n) is 11.1. The number of hydrogen-bond donors (Lipinski definition) is 1. The van der Waals surface area contributed by atoms with E-state index in [1.807, 2.05) is 6.92 Å². The summed E-state index contributed by atoms with van der Waals surface area (Å²) in [5.74, 6) is -2.63. The van der Waals surface area contributed by atoms with Crippen LogP contribution < -0.4 is 9.64 Å². The molecule has 5 rings (SSSR count). The number of aliphatic hydroxyl groups is 1. The van der Waals surface area contributed by atoms with Gasteiger partial charge < -0.3 is 14.6 Å². The number of esters is 1. The van der Waals surface area contributed by atoms with Gasteiger partial charge in [-0.1, -0.05) is 23.5 Å². The number of fused-ring (bicyclic) bond motifs is 1. The minimum Gasteiger partial charge on any atom is -0.507 e. The molecule has 2 aromatic carbocycles. The van der Waals surface area contributed by atoms with Gasteiger partial charge in [-0.2, -0.15) is 0 Å². The van der Waals surface area contributed by atoms with Gasteiger partial charge in [-0.15, -0.1) is 0 Å². The van der Waals surface area contributed by atoms with E-state index in [0.29, 0.717) is 29.0 Å². The number of amides is 1. The fourth-order valence-corrected chi connectivity index (χ4v) is 5.49. The van der Waals surface area contributed by atoms with Crippen molar-refractivity contribution >= 4 is 39.9 Å². The van der Waals surface area contributed by atoms with Crippen LogP contribution in [-0.4, -0.2) is 41.0 Å². The number of methoxy groups -OCH3 is 1. The Morgan fingerprint density at radius 1 is 1.22 bits per heavy atom. The Bertz CT molecular complexity index is 1450. The maximum Gasteiger partial charge on any atom is 0.350 e. The highest BCUT2D eigenvalue weighted by Crippen LogP contribution is 2.44. The number of ketones is 1. The van der Waals surface area contributed by atoms with E-state index in [2.05, 4.69) is 4.98 Å². The van der Waals surface area contributed by atoms with Crippen LogP contribution in [0.4, 0.5) is 9.52 Å². The van der Waals surface area contributed by atoms with Crippen LogP contribution in [0, 0.1) is 12.7 Å². The molecule has 184 valence electrons. The average molecular weight is 509 g/mol. The Morgan fingerprint density at radius 3 is 2.64 bits per heavy atom. The monoisotopic (exact) mass is 508 g/mol. The predicted molar refractivity (Wildman–Crippen MR) is 130 cm³/mol. The number of carbonyl (C=O) groups excluding carboxylic acids is 3. The molecule has 0 bridgehead atoms. The zero-order valence-electron chi connectivity index (χ0n) is 19.6. The van der Waals surface area contributed by atoms with Crippen molar-refractivity contribution in [3.8, 4) is 5.75 Å². The van der Waals surface area contributed by atoms with Crippen molar-refractivity contribution in [2.24, 2.45) is 0 Å². The lowest BCUT2D eigenvalue weighted by molar-refractivity contribution is -0.132. The Kier molecular flexibility index (Phi) is 5.83. The number of nitrogens with zero attached hydrogens (tertiary/aromatic N) is 2. The van der Waals surface area contributed by atoms with E-state index < -0.39 is 29.5 Å². The molecule has 10 heteroatoms. The molecular weight excluding hydrogens is 487 g/mol. The number of anilines is 1. The molecule has 1 amide bonds. The molecule has 8 nitrogen and oxygen atoms in total. The van der Waals surface area contributed by atoms with Crippen LogP contribution in [0.5, 0.6) is 5.75 Å². The summed E-state index contributed by atoms with van der Waals surface area (Å²) in [5, 5.41) is 11.4. The molecule has 0 unspecified atom stereocenters. The lowest BCUT2D eigenvalue weighted by Gasteiger charge is -2.23. The molecule has 36 heavy (non-hydrogen) atoms. The molecule has 3 aromatic rings. The molecule has 0 saturated carbocycles. The summed E-state index contributed by atoms with van der Waals surface area (Å²) in [6, 6.07) is 9.25. The third-order valence-electron chi connectivity index (χ3n) is 6.16. The molecule has 1 aromatic heterocycles. The Labute approximate surface area is 209 Å². The average Bonchev–Trinajstić information content (AvgIpc) is 3.50. The van der Waals surface area contributed by atoms with Crippen LogP contribution in [0.15, 0.2) is 48.0 Å². The van der Waals surface area contributed by atoms with Gasteiger partial charge in [0.2, 0.25) is 0 Å². The Balaban J connectivity index is 1.68. The zero-order chi connectivity index (χ0) is 25.7. The van der Waals surface area contributed by atoms with Gasteiger partial charge >= 0.3 is 11.9 Å². The van der Waals surface area contributed by atoms with E-state index in [4.69, 9.17) is 9.47 Å². The number of aliphatic hydroxyl groups excluding tert-OH is 1. The van der Waals surface area contributed by atoms with Crippen molar-refractivity contribution in [3.63, 3.8) is 0 Å². The summed E-state index contributed by atoms with van der Waals surface area (Å²) >= 11 is 0.895. The number of hydrogen-bond acceptors (Lipinski definition) is 8. The maximum absolute atomic E-state index is 13.7. The SMILES string of the molecule is COC(=O)c1sc(N2C(=O)C(=O)C(=C(O)c3ccc4c(c3)C[C@@H](C)O4)[C@H]2c2ccc(F)cc2)nc1C. The Hall–Kier alpha value is -4.05. The summed E-state index contributed by atoms with van der Waals surface area (Å²) in [6.45, 7) is 3.52. The van der Waals surface area contributed by atoms with E-state index in [-0.39, 0.29) is 27.4 Å². The van der Waals surface area contributed by atoms with Gasteiger partial charge in [0.15, 0.2) is 5.13 Å². The van der Waals surface area contributed by atoms with Crippen molar-refractivity contribution in [1.82, 2.24) is 4.98 Å². The normalized spacial score (nSPS) is 20.4. The van der Waals surface area contributed by atoms with Gasteiger partial charge in [-0.25, -0.2) is 14.2 Å². The predicted octanol–water partition coefficient (Wildman–Crippen LogP) is 4.33. The van der Waals surface area contributed by atoms with Gasteiger partial charge in [-0.3, -0.25) is 14.5 Å². The molecule has 2 aliphatic rings. The van der Waals surface area contributed by atoms with Crippen molar-refractivity contribution in [3.05, 3.63) is 81.1 Å². The number of carbonyl (C=O) groups is 3. The van der Waals surface area contributed by atoms with E-state index in [1.165, 1.54) is 31.4 Å². The molecule has 1 N–H and O–H groups in total. The summed E-state index contributed by atoms with van der Waals surface area (Å²) in [5.41, 5.74) is 1.78. The molecule has 0 spiro atoms. The van der Waals surface area contributed by atoms with Crippen LogP contribution in [0.3, 0.4) is 0 Å². The van der Waals surface area contributed by atoms with E-state index >= 15 is 0 Å². The maximum atomic E-state index is 13.7. The quantitative estimate of drug-likeness (QED) is 0.242. The second-order valence-corrected chi connectivity index (χ2v) is 9.56. The summed E-state index contributed by atoms with van der Waals surface area (Å²) in [7, 11) is 1.23. The summed E-state index contributed by atoms with van der Waals surface area (Å²) < 4.78 is 24.2. The molecule has 0 radical (unpaired) electrons. The van der Waals surface area contributed by atoms with Crippen LogP contribution in [0.25, 0.3) is 5.76 Å². The number of aromatic nitrogens is 1. The first-order valence-corrected chi connectivity index (χ1v) is 11.9. The first kappa shape index (κ1) is 23.7. The second kappa shape index (κ2) is 8.87. The van der Waals surface area contributed by atoms with Crippen LogP contribution in [-0.2, 0) is 20.7 Å². The first-order chi connectivity index (χ1) is 17.2. The van der Waals surface area contributed by atoms with Crippen molar-refractivity contribution < 1.29 is 33.4 Å². The van der Waals surface area contributed by atoms with Gasteiger partial charge in [0, 0.05) is 12.0 Å². The fourth-order valence-electron chi connectivity index (χ4n) is 4.48. The summed E-state index contributed by atoms with van der Waals surface area (Å²) in [4.78, 5) is 44.4. The van der Waals surface area contributed by atoms with Gasteiger partial charge in [0.05, 0.1) is 24.4 Å². The summed E-state index contributed by atoms with van der Waals surface area (Å²) in [6.07, 6.45) is 0.625. The van der Waals surface area contributed by atoms with Gasteiger partial charge in [0.25, 0.3) is 5.78 Å². The Morgan fingerprint density at radius 2 is 1.94 bits per heavy atom. The highest BCUT2D eigenvalue weighted by atomic mass is 32.1. The van der Waals surface area contributed by atoms with E-state index in [1.54, 1.807) is 25.1 Å². The minimum atomic E-state index is -1.09. The number of thiazole rings is 1. The lowest BCUT2D eigenvalue weighted by atomic mass is 9.94. The van der Waals surface area contributed by atoms with E-state index in [0.717, 1.165) is 21.8 Å². The molecule has 3 heterocycles. The molecule has 2 atom stereocenters. The molecular formula is C26H21FN2O6S. The fraction of sp³-hybridized carbons (Fsp3) is 0.231. The number of aryl methyl sites for hydroxylation is 1. The van der Waals surface area contributed by atoms with Crippen LogP contribution in [0.2, 0.25) is 0 Å². The minimum absolute atomic E-state index is 0.0145. The van der Waals surface area contributed by atoms with Crippen LogP contribution in [0.1, 0.15) is 45.0 Å². The van der Waals surface area contributed by atoms with Crippen LogP contribution >= 0.6 is 11.3 Å². The second-order valence-electron chi connectivity index (χ2n) is 8.58. The number of ether oxygens (including phenoxy) is 2. The highest BCUT2D eigenvalue weighted by molar-refractivity contribution is 7.17. The lowest BCUT2D eigenvalue weighted by Crippen LogP contribution is -2.29. The van der Waals surface area contributed by atoms with Gasteiger partial charge in [-0.05, 0) is 55.3 Å². The standard InChI is InChI=1S/C26H21FN2O6S/c1-12-10-16-11-15(6-9-18(16)35-12)21(30)19-20(14-4-7-17(27)8-5-14)29(24(32)22(19)31)26-28-13(2)23(36-26)25(33)34-3/h4-9,11-12,20,30H,10H2,1-3H3/t12-,20-/m1/s1.